The van der Waals surface area contributed by atoms with Crippen LogP contribution in [-0.4, -0.2) is 10.7 Å². The number of aliphatic hydroxyl groups is 1. The fourth-order valence-electron chi connectivity index (χ4n) is 1.49. The summed E-state index contributed by atoms with van der Waals surface area (Å²) in [7, 11) is 0. The number of unbranched alkanes of at least 4 members (excludes halogenated alkanes) is 2. The van der Waals surface area contributed by atoms with Gasteiger partial charge in [0.15, 0.2) is 0 Å². The third-order valence-electron chi connectivity index (χ3n) is 2.65. The molecule has 0 bridgehead atoms. The minimum atomic E-state index is -0.355. The molecule has 82 valence electrons. The van der Waals surface area contributed by atoms with E-state index in [1.54, 1.807) is 0 Å². The topological polar surface area (TPSA) is 55.2 Å². The van der Waals surface area contributed by atoms with E-state index < -0.39 is 0 Å². The first kappa shape index (κ1) is 15.4. The van der Waals surface area contributed by atoms with E-state index in [0.717, 1.165) is 32.1 Å². The number of hydrogen-bond acceptors (Lipinski definition) is 2. The second-order valence-corrected chi connectivity index (χ2v) is 3.79. The van der Waals surface area contributed by atoms with Crippen LogP contribution in [0.3, 0.4) is 0 Å². The largest absolute Gasteiger partial charge is 0.390 e. The lowest BCUT2D eigenvalue weighted by Crippen LogP contribution is -2.27. The van der Waals surface area contributed by atoms with Gasteiger partial charge in [-0.3, -0.25) is 0 Å². The Morgan fingerprint density at radius 2 is 1.31 bits per heavy atom. The Labute approximate surface area is 83.3 Å². The van der Waals surface area contributed by atoms with Crippen molar-refractivity contribution in [2.45, 2.75) is 71.3 Å². The highest BCUT2D eigenvalue weighted by Crippen LogP contribution is 2.24. The summed E-state index contributed by atoms with van der Waals surface area (Å²) in [5.41, 5.74) is -0.355. The predicted octanol–water partition coefficient (Wildman–Crippen LogP) is 3.67. The van der Waals surface area contributed by atoms with Gasteiger partial charge in [0, 0.05) is 0 Å². The molecular formula is C11H27NO. The molecule has 0 aliphatic rings. The first-order valence-corrected chi connectivity index (χ1v) is 5.41. The molecule has 2 nitrogen and oxygen atoms in total. The Hall–Kier alpha value is -0.0800. The van der Waals surface area contributed by atoms with Gasteiger partial charge < -0.3 is 11.3 Å². The van der Waals surface area contributed by atoms with Crippen molar-refractivity contribution >= 4 is 0 Å². The molecule has 0 fully saturated rings. The SMILES string of the molecule is CCCCC(O)(CC)CCCC.N. The van der Waals surface area contributed by atoms with Crippen molar-refractivity contribution in [3.8, 4) is 0 Å². The number of rotatable bonds is 7. The quantitative estimate of drug-likeness (QED) is 0.642. The molecule has 0 saturated heterocycles. The molecule has 0 aliphatic carbocycles. The molecule has 0 rings (SSSR count). The minimum Gasteiger partial charge on any atom is -0.390 e. The molecular weight excluding hydrogens is 162 g/mol. The van der Waals surface area contributed by atoms with E-state index in [2.05, 4.69) is 20.8 Å². The van der Waals surface area contributed by atoms with E-state index >= 15 is 0 Å². The summed E-state index contributed by atoms with van der Waals surface area (Å²) in [5, 5.41) is 10.1. The first-order valence-electron chi connectivity index (χ1n) is 5.41. The molecule has 0 aromatic rings. The summed E-state index contributed by atoms with van der Waals surface area (Å²) in [4.78, 5) is 0. The lowest BCUT2D eigenvalue weighted by molar-refractivity contribution is 0.0148. The Morgan fingerprint density at radius 3 is 1.54 bits per heavy atom. The summed E-state index contributed by atoms with van der Waals surface area (Å²) < 4.78 is 0. The predicted molar refractivity (Wildman–Crippen MR) is 59.3 cm³/mol. The molecule has 0 amide bonds. The van der Waals surface area contributed by atoms with Crippen molar-refractivity contribution in [3.63, 3.8) is 0 Å². The second-order valence-electron chi connectivity index (χ2n) is 3.79. The van der Waals surface area contributed by atoms with Crippen LogP contribution in [-0.2, 0) is 0 Å². The molecule has 13 heavy (non-hydrogen) atoms. The average molecular weight is 189 g/mol. The van der Waals surface area contributed by atoms with E-state index in [1.807, 2.05) is 0 Å². The first-order chi connectivity index (χ1) is 5.68. The maximum atomic E-state index is 10.1. The molecule has 0 aromatic heterocycles. The molecule has 0 unspecified atom stereocenters. The van der Waals surface area contributed by atoms with Crippen LogP contribution in [0, 0.1) is 0 Å². The average Bonchev–Trinajstić information content (AvgIpc) is 2.11. The van der Waals surface area contributed by atoms with Crippen molar-refractivity contribution in [2.24, 2.45) is 0 Å². The lowest BCUT2D eigenvalue weighted by Gasteiger charge is -2.26. The maximum absolute atomic E-state index is 10.1. The van der Waals surface area contributed by atoms with Crippen molar-refractivity contribution in [2.75, 3.05) is 0 Å². The van der Waals surface area contributed by atoms with Gasteiger partial charge in [-0.05, 0) is 19.3 Å². The standard InChI is InChI=1S/C11H24O.H3N/c1-4-7-9-11(12,6-3)10-8-5-2;/h12H,4-10H2,1-3H3;1H3. The highest BCUT2D eigenvalue weighted by Gasteiger charge is 2.22. The Morgan fingerprint density at radius 1 is 0.923 bits per heavy atom. The minimum absolute atomic E-state index is 0. The van der Waals surface area contributed by atoms with E-state index in [-0.39, 0.29) is 11.8 Å². The molecule has 2 heteroatoms. The van der Waals surface area contributed by atoms with Gasteiger partial charge in [-0.1, -0.05) is 46.5 Å². The normalized spacial score (nSPS) is 11.1. The van der Waals surface area contributed by atoms with Crippen molar-refractivity contribution < 1.29 is 5.11 Å². The van der Waals surface area contributed by atoms with Crippen molar-refractivity contribution in [1.29, 1.82) is 0 Å². The zero-order valence-corrected chi connectivity index (χ0v) is 9.60. The van der Waals surface area contributed by atoms with Crippen LogP contribution in [0.5, 0.6) is 0 Å². The fourth-order valence-corrected chi connectivity index (χ4v) is 1.49. The molecule has 4 N–H and O–H groups in total. The highest BCUT2D eigenvalue weighted by molar-refractivity contribution is 4.75. The van der Waals surface area contributed by atoms with E-state index in [4.69, 9.17) is 0 Å². The Bertz CT molecular complexity index is 96.3. The molecule has 0 aliphatic heterocycles. The molecule has 0 atom stereocenters. The van der Waals surface area contributed by atoms with Crippen LogP contribution < -0.4 is 6.15 Å². The van der Waals surface area contributed by atoms with Crippen LogP contribution >= 0.6 is 0 Å². The zero-order valence-electron chi connectivity index (χ0n) is 9.60. The van der Waals surface area contributed by atoms with Gasteiger partial charge >= 0.3 is 0 Å². The summed E-state index contributed by atoms with van der Waals surface area (Å²) in [6.07, 6.45) is 7.58. The van der Waals surface area contributed by atoms with Crippen LogP contribution in [0.25, 0.3) is 0 Å². The van der Waals surface area contributed by atoms with E-state index in [0.29, 0.717) is 0 Å². The fraction of sp³-hybridized carbons (Fsp3) is 1.00. The third kappa shape index (κ3) is 7.03. The Balaban J connectivity index is 0. The molecule has 0 radical (unpaired) electrons. The van der Waals surface area contributed by atoms with Gasteiger partial charge in [-0.15, -0.1) is 0 Å². The van der Waals surface area contributed by atoms with Crippen LogP contribution in [0.2, 0.25) is 0 Å². The summed E-state index contributed by atoms with van der Waals surface area (Å²) in [6, 6.07) is 0. The second kappa shape index (κ2) is 8.52. The third-order valence-corrected chi connectivity index (χ3v) is 2.65. The highest BCUT2D eigenvalue weighted by atomic mass is 16.3. The lowest BCUT2D eigenvalue weighted by atomic mass is 9.89. The van der Waals surface area contributed by atoms with Crippen molar-refractivity contribution in [3.05, 3.63) is 0 Å². The van der Waals surface area contributed by atoms with E-state index in [1.165, 1.54) is 12.8 Å². The Kier molecular flexibility index (Phi) is 10.1. The van der Waals surface area contributed by atoms with Gasteiger partial charge in [0.2, 0.25) is 0 Å². The monoisotopic (exact) mass is 189 g/mol. The smallest absolute Gasteiger partial charge is 0.0645 e. The molecule has 0 heterocycles. The van der Waals surface area contributed by atoms with Gasteiger partial charge in [-0.25, -0.2) is 0 Å². The molecule has 0 aromatic carbocycles. The zero-order chi connectivity index (χ0) is 9.45. The van der Waals surface area contributed by atoms with Crippen LogP contribution in [0.4, 0.5) is 0 Å². The molecule has 0 spiro atoms. The van der Waals surface area contributed by atoms with Gasteiger partial charge in [-0.2, -0.15) is 0 Å². The van der Waals surface area contributed by atoms with Gasteiger partial charge in [0.1, 0.15) is 0 Å². The summed E-state index contributed by atoms with van der Waals surface area (Å²) in [6.45, 7) is 6.44. The van der Waals surface area contributed by atoms with Gasteiger partial charge in [0.25, 0.3) is 0 Å². The van der Waals surface area contributed by atoms with Crippen LogP contribution in [0.1, 0.15) is 65.7 Å². The summed E-state index contributed by atoms with van der Waals surface area (Å²) >= 11 is 0. The van der Waals surface area contributed by atoms with Gasteiger partial charge in [0.05, 0.1) is 5.60 Å². The maximum Gasteiger partial charge on any atom is 0.0645 e. The summed E-state index contributed by atoms with van der Waals surface area (Å²) in [5.74, 6) is 0. The van der Waals surface area contributed by atoms with E-state index in [9.17, 15) is 5.11 Å². The van der Waals surface area contributed by atoms with Crippen LogP contribution in [0.15, 0.2) is 0 Å². The number of hydrogen-bond donors (Lipinski definition) is 2. The molecule has 0 saturated carbocycles. The van der Waals surface area contributed by atoms with Crippen molar-refractivity contribution in [1.82, 2.24) is 6.15 Å².